The molecule has 4 nitrogen and oxygen atoms in total. The van der Waals surface area contributed by atoms with Gasteiger partial charge in [0.2, 0.25) is 9.04 Å². The maximum atomic E-state index is 12.4. The Labute approximate surface area is 149 Å². The first-order chi connectivity index (χ1) is 10.6. The first kappa shape index (κ1) is 18.6. The summed E-state index contributed by atoms with van der Waals surface area (Å²) in [7, 11) is -0.887. The zero-order valence-corrected chi connectivity index (χ0v) is 16.5. The molecular weight excluding hydrogens is 353 g/mol. The van der Waals surface area contributed by atoms with Gasteiger partial charge in [0.05, 0.1) is 16.8 Å². The lowest BCUT2D eigenvalue weighted by molar-refractivity contribution is -0.125. The monoisotopic (exact) mass is 374 g/mol. The minimum absolute atomic E-state index is 0.0743. The molecule has 1 aliphatic heterocycles. The van der Waals surface area contributed by atoms with Crippen molar-refractivity contribution in [1.29, 1.82) is 0 Å². The Balaban J connectivity index is 2.22. The van der Waals surface area contributed by atoms with Crippen molar-refractivity contribution in [2.75, 3.05) is 5.32 Å². The first-order valence-electron chi connectivity index (χ1n) is 7.51. The molecule has 1 aromatic rings. The molecule has 2 rings (SSSR count). The van der Waals surface area contributed by atoms with Gasteiger partial charge in [0.1, 0.15) is 0 Å². The summed E-state index contributed by atoms with van der Waals surface area (Å²) in [6.45, 7) is 10.5. The van der Waals surface area contributed by atoms with Gasteiger partial charge in [-0.15, -0.1) is 0 Å². The summed E-state index contributed by atoms with van der Waals surface area (Å²) in [5, 5.41) is 3.67. The number of nitrogens with one attached hydrogen (secondary N) is 1. The Kier molecular flexibility index (Phi) is 5.66. The summed E-state index contributed by atoms with van der Waals surface area (Å²) in [5.41, 5.74) is 0.419. The van der Waals surface area contributed by atoms with Crippen LogP contribution < -0.4 is 10.1 Å². The highest BCUT2D eigenvalue weighted by molar-refractivity contribution is 6.48. The van der Waals surface area contributed by atoms with Gasteiger partial charge in [-0.25, -0.2) is 0 Å². The molecule has 0 spiro atoms. The van der Waals surface area contributed by atoms with Crippen molar-refractivity contribution in [3.8, 4) is 5.75 Å². The van der Waals surface area contributed by atoms with Crippen LogP contribution in [-0.4, -0.2) is 27.2 Å². The van der Waals surface area contributed by atoms with Crippen molar-refractivity contribution >= 4 is 43.8 Å². The third-order valence-electron chi connectivity index (χ3n) is 3.59. The van der Waals surface area contributed by atoms with Crippen LogP contribution >= 0.6 is 23.2 Å². The minimum Gasteiger partial charge on any atom is -0.477 e. The highest BCUT2D eigenvalue weighted by atomic mass is 35.5. The predicted molar refractivity (Wildman–Crippen MR) is 95.9 cm³/mol. The van der Waals surface area contributed by atoms with E-state index in [-0.39, 0.29) is 17.4 Å². The quantitative estimate of drug-likeness (QED) is 0.772. The molecule has 0 saturated carbocycles. The van der Waals surface area contributed by atoms with E-state index in [4.69, 9.17) is 32.4 Å². The van der Waals surface area contributed by atoms with E-state index in [2.05, 4.69) is 39.2 Å². The molecule has 1 N–H and O–H groups in total. The average Bonchev–Trinajstić information content (AvgIpc) is 2.37. The molecule has 23 heavy (non-hydrogen) atoms. The van der Waals surface area contributed by atoms with Crippen LogP contribution in [0.5, 0.6) is 5.75 Å². The molecule has 1 amide bonds. The van der Waals surface area contributed by atoms with Crippen LogP contribution in [0.3, 0.4) is 0 Å². The van der Waals surface area contributed by atoms with E-state index in [9.17, 15) is 4.79 Å². The minimum atomic E-state index is -0.887. The molecule has 1 aliphatic rings. The van der Waals surface area contributed by atoms with Gasteiger partial charge < -0.3 is 14.5 Å². The lowest BCUT2D eigenvalue weighted by Crippen LogP contribution is -2.44. The van der Waals surface area contributed by atoms with E-state index in [0.717, 1.165) is 0 Å². The zero-order chi connectivity index (χ0) is 17.4. The first-order valence-corrected chi connectivity index (χ1v) is 10.7. The van der Waals surface area contributed by atoms with Gasteiger partial charge in [-0.3, -0.25) is 4.79 Å². The van der Waals surface area contributed by atoms with Crippen LogP contribution in [0, 0.1) is 5.41 Å². The Morgan fingerprint density at radius 3 is 2.57 bits per heavy atom. The Bertz CT molecular complexity index is 602. The fourth-order valence-electron chi connectivity index (χ4n) is 2.39. The number of hydrogen-bond donors (Lipinski definition) is 1. The van der Waals surface area contributed by atoms with E-state index in [1.807, 2.05) is 0 Å². The van der Waals surface area contributed by atoms with E-state index in [1.165, 1.54) is 0 Å². The lowest BCUT2D eigenvalue weighted by atomic mass is 9.85. The summed E-state index contributed by atoms with van der Waals surface area (Å²) in [6.07, 6.45) is -0.231. The van der Waals surface area contributed by atoms with E-state index in [1.54, 1.807) is 12.1 Å². The van der Waals surface area contributed by atoms with Crippen LogP contribution in [0.2, 0.25) is 23.1 Å². The lowest BCUT2D eigenvalue weighted by Gasteiger charge is -2.36. The molecule has 0 aromatic heterocycles. The molecule has 2 atom stereocenters. The third kappa shape index (κ3) is 4.63. The standard InChI is InChI=1S/C16H22Cl2NO3Si/c1-16(2,3)13(22-23(4)5)8-12-15(20)19-11-7-9(17)6-10(18)14(11)21-12/h6-7,12-13H,8H2,1-5H3,(H,19,20). The molecule has 1 aromatic carbocycles. The van der Waals surface area contributed by atoms with Gasteiger partial charge in [-0.1, -0.05) is 44.0 Å². The Hall–Kier alpha value is -0.753. The van der Waals surface area contributed by atoms with Gasteiger partial charge in [0.25, 0.3) is 5.91 Å². The summed E-state index contributed by atoms with van der Waals surface area (Å²) in [5.74, 6) is 0.265. The summed E-state index contributed by atoms with van der Waals surface area (Å²) < 4.78 is 12.0. The number of benzene rings is 1. The van der Waals surface area contributed by atoms with Gasteiger partial charge in [0.15, 0.2) is 11.9 Å². The Morgan fingerprint density at radius 1 is 1.35 bits per heavy atom. The molecular formula is C16H22Cl2NO3Si. The second-order valence-corrected chi connectivity index (χ2v) is 9.87. The van der Waals surface area contributed by atoms with E-state index < -0.39 is 15.1 Å². The van der Waals surface area contributed by atoms with Crippen LogP contribution in [0.15, 0.2) is 12.1 Å². The van der Waals surface area contributed by atoms with Crippen molar-refractivity contribution in [3.63, 3.8) is 0 Å². The second kappa shape index (κ2) is 7.01. The van der Waals surface area contributed by atoms with Crippen LogP contribution in [-0.2, 0) is 9.22 Å². The molecule has 7 heteroatoms. The molecule has 1 radical (unpaired) electrons. The van der Waals surface area contributed by atoms with E-state index >= 15 is 0 Å². The van der Waals surface area contributed by atoms with Crippen molar-refractivity contribution in [1.82, 2.24) is 0 Å². The number of halogens is 2. The number of fused-ring (bicyclic) bond motifs is 1. The second-order valence-electron chi connectivity index (χ2n) is 6.98. The zero-order valence-electron chi connectivity index (χ0n) is 14.0. The summed E-state index contributed by atoms with van der Waals surface area (Å²) in [6, 6.07) is 3.24. The maximum absolute atomic E-state index is 12.4. The molecule has 0 fully saturated rings. The van der Waals surface area contributed by atoms with Crippen molar-refractivity contribution in [2.45, 2.75) is 52.5 Å². The smallest absolute Gasteiger partial charge is 0.265 e. The molecule has 0 bridgehead atoms. The summed E-state index contributed by atoms with van der Waals surface area (Å²) in [4.78, 5) is 12.4. The molecule has 0 saturated heterocycles. The van der Waals surface area contributed by atoms with Crippen molar-refractivity contribution in [3.05, 3.63) is 22.2 Å². The average molecular weight is 375 g/mol. The van der Waals surface area contributed by atoms with Gasteiger partial charge >= 0.3 is 0 Å². The number of amides is 1. The number of hydrogen-bond acceptors (Lipinski definition) is 3. The summed E-state index contributed by atoms with van der Waals surface area (Å²) >= 11 is 12.1. The van der Waals surface area contributed by atoms with Crippen molar-refractivity contribution in [2.24, 2.45) is 5.41 Å². The van der Waals surface area contributed by atoms with Gasteiger partial charge in [0, 0.05) is 11.4 Å². The molecule has 127 valence electrons. The number of carbonyl (C=O) groups excluding carboxylic acids is 1. The predicted octanol–water partition coefficient (Wildman–Crippen LogP) is 4.77. The largest absolute Gasteiger partial charge is 0.477 e. The number of rotatable bonds is 4. The number of anilines is 1. The molecule has 2 unspecified atom stereocenters. The SMILES string of the molecule is C[Si](C)OC(CC1Oc2c(Cl)cc(Cl)cc2NC1=O)C(C)(C)C. The molecule has 0 aliphatic carbocycles. The molecule has 1 heterocycles. The highest BCUT2D eigenvalue weighted by Gasteiger charge is 2.36. The third-order valence-corrected chi connectivity index (χ3v) is 4.85. The highest BCUT2D eigenvalue weighted by Crippen LogP contribution is 2.40. The number of ether oxygens (including phenoxy) is 1. The number of carbonyl (C=O) groups is 1. The van der Waals surface area contributed by atoms with Crippen LogP contribution in [0.25, 0.3) is 0 Å². The fourth-order valence-corrected chi connectivity index (χ4v) is 3.95. The van der Waals surface area contributed by atoms with Gasteiger partial charge in [-0.2, -0.15) is 0 Å². The van der Waals surface area contributed by atoms with Crippen LogP contribution in [0.1, 0.15) is 27.2 Å². The van der Waals surface area contributed by atoms with Gasteiger partial charge in [-0.05, 0) is 30.6 Å². The van der Waals surface area contributed by atoms with Crippen molar-refractivity contribution < 1.29 is 14.0 Å². The maximum Gasteiger partial charge on any atom is 0.265 e. The normalized spacial score (nSPS) is 19.1. The van der Waals surface area contributed by atoms with E-state index in [0.29, 0.717) is 27.9 Å². The topological polar surface area (TPSA) is 47.6 Å². The fraction of sp³-hybridized carbons (Fsp3) is 0.562. The van der Waals surface area contributed by atoms with Crippen LogP contribution in [0.4, 0.5) is 5.69 Å². The Morgan fingerprint density at radius 2 is 2.00 bits per heavy atom.